The van der Waals surface area contributed by atoms with Gasteiger partial charge in [0, 0.05) is 41.3 Å². The van der Waals surface area contributed by atoms with E-state index >= 15 is 4.39 Å². The van der Waals surface area contributed by atoms with E-state index in [1.807, 2.05) is 54.1 Å². The second-order valence-electron chi connectivity index (χ2n) is 16.8. The molecule has 55 heavy (non-hydrogen) atoms. The molecular formula is C42H57FN6O4Si2. The maximum atomic E-state index is 15.7. The number of rotatable bonds is 17. The van der Waals surface area contributed by atoms with Gasteiger partial charge >= 0.3 is 6.03 Å². The first-order valence-electron chi connectivity index (χ1n) is 19.5. The van der Waals surface area contributed by atoms with Crippen molar-refractivity contribution >= 4 is 33.1 Å². The van der Waals surface area contributed by atoms with E-state index in [1.165, 1.54) is 0 Å². The van der Waals surface area contributed by atoms with Crippen molar-refractivity contribution in [3.05, 3.63) is 89.0 Å². The SMILES string of the molecule is CCNC(=O)N1Cc2nc(-c3nn(COCC[Si](C)(C)C)c4cc(-c5cc(F)c(OCc6ccccc6)cc5CC)ccc34)n(COCC[Si](C)(C)C)c2C1. The molecule has 3 aromatic carbocycles. The zero-order valence-corrected chi connectivity index (χ0v) is 35.8. The van der Waals surface area contributed by atoms with Gasteiger partial charge in [-0.2, -0.15) is 5.10 Å². The van der Waals surface area contributed by atoms with Crippen molar-refractivity contribution in [1.29, 1.82) is 0 Å². The lowest BCUT2D eigenvalue weighted by Gasteiger charge is -2.18. The summed E-state index contributed by atoms with van der Waals surface area (Å²) >= 11 is 0. The molecule has 1 aliphatic rings. The number of benzene rings is 3. The van der Waals surface area contributed by atoms with Crippen LogP contribution in [0, 0.1) is 5.82 Å². The Balaban J connectivity index is 1.38. The molecule has 0 spiro atoms. The normalized spacial score (nSPS) is 13.1. The molecule has 0 saturated heterocycles. The van der Waals surface area contributed by atoms with Crippen LogP contribution in [-0.2, 0) is 49.1 Å². The number of aromatic nitrogens is 4. The molecule has 0 aliphatic carbocycles. The third kappa shape index (κ3) is 9.93. The van der Waals surface area contributed by atoms with E-state index < -0.39 is 22.0 Å². The molecule has 0 radical (unpaired) electrons. The topological polar surface area (TPSA) is 95.7 Å². The second-order valence-corrected chi connectivity index (χ2v) is 28.0. The van der Waals surface area contributed by atoms with E-state index in [1.54, 1.807) is 11.0 Å². The van der Waals surface area contributed by atoms with Crippen molar-refractivity contribution in [2.75, 3.05) is 19.8 Å². The molecule has 0 fully saturated rings. The third-order valence-electron chi connectivity index (χ3n) is 9.93. The third-order valence-corrected chi connectivity index (χ3v) is 13.3. The zero-order valence-electron chi connectivity index (χ0n) is 33.8. The Morgan fingerprint density at radius 3 is 2.27 bits per heavy atom. The Kier molecular flexibility index (Phi) is 12.6. The van der Waals surface area contributed by atoms with Gasteiger partial charge in [0.2, 0.25) is 0 Å². The highest BCUT2D eigenvalue weighted by atomic mass is 28.3. The van der Waals surface area contributed by atoms with Crippen LogP contribution in [-0.4, -0.2) is 66.2 Å². The van der Waals surface area contributed by atoms with Crippen molar-refractivity contribution in [2.45, 2.75) is 105 Å². The van der Waals surface area contributed by atoms with E-state index in [0.29, 0.717) is 58.4 Å². The molecular weight excluding hydrogens is 728 g/mol. The van der Waals surface area contributed by atoms with Gasteiger partial charge in [0.05, 0.1) is 30.0 Å². The van der Waals surface area contributed by atoms with Crippen LogP contribution in [0.5, 0.6) is 5.75 Å². The summed E-state index contributed by atoms with van der Waals surface area (Å²) in [4.78, 5) is 19.7. The van der Waals surface area contributed by atoms with E-state index in [4.69, 9.17) is 24.3 Å². The summed E-state index contributed by atoms with van der Waals surface area (Å²) < 4.78 is 38.2. The van der Waals surface area contributed by atoms with Crippen molar-refractivity contribution in [2.24, 2.45) is 0 Å². The molecule has 13 heteroatoms. The Hall–Kier alpha value is -4.31. The summed E-state index contributed by atoms with van der Waals surface area (Å²) in [5.41, 5.74) is 7.04. The molecule has 5 aromatic rings. The first kappa shape index (κ1) is 40.4. The molecule has 1 aliphatic heterocycles. The van der Waals surface area contributed by atoms with Crippen molar-refractivity contribution in [3.63, 3.8) is 0 Å². The number of carbonyl (C=O) groups excluding carboxylic acids is 1. The van der Waals surface area contributed by atoms with Crippen LogP contribution in [0.1, 0.15) is 36.4 Å². The monoisotopic (exact) mass is 784 g/mol. The molecule has 0 saturated carbocycles. The van der Waals surface area contributed by atoms with Crippen molar-refractivity contribution in [3.8, 4) is 28.4 Å². The summed E-state index contributed by atoms with van der Waals surface area (Å²) in [7, 11) is -2.62. The number of hydrogen-bond acceptors (Lipinski definition) is 6. The first-order valence-corrected chi connectivity index (χ1v) is 26.9. The average molecular weight is 785 g/mol. The highest BCUT2D eigenvalue weighted by Crippen LogP contribution is 2.37. The minimum Gasteiger partial charge on any atom is -0.486 e. The molecule has 2 aromatic heterocycles. The number of ether oxygens (including phenoxy) is 3. The molecule has 6 rings (SSSR count). The number of nitrogens with one attached hydrogen (secondary N) is 1. The van der Waals surface area contributed by atoms with Crippen LogP contribution >= 0.6 is 0 Å². The van der Waals surface area contributed by atoms with E-state index in [-0.39, 0.29) is 18.5 Å². The lowest BCUT2D eigenvalue weighted by atomic mass is 9.96. The van der Waals surface area contributed by atoms with Crippen molar-refractivity contribution in [1.82, 2.24) is 29.5 Å². The van der Waals surface area contributed by atoms with Gasteiger partial charge in [-0.15, -0.1) is 0 Å². The molecule has 3 heterocycles. The maximum Gasteiger partial charge on any atom is 0.318 e. The number of fused-ring (bicyclic) bond motifs is 2. The molecule has 294 valence electrons. The Morgan fingerprint density at radius 2 is 1.60 bits per heavy atom. The van der Waals surface area contributed by atoms with Crippen LogP contribution in [0.4, 0.5) is 9.18 Å². The number of imidazole rings is 1. The maximum absolute atomic E-state index is 15.7. The number of carbonyl (C=O) groups is 1. The number of amides is 2. The van der Waals surface area contributed by atoms with E-state index in [9.17, 15) is 4.79 Å². The fraction of sp³-hybridized carbons (Fsp3) is 0.452. The van der Waals surface area contributed by atoms with Crippen LogP contribution in [0.25, 0.3) is 33.5 Å². The summed E-state index contributed by atoms with van der Waals surface area (Å²) in [6.07, 6.45) is 0.702. The molecule has 0 bridgehead atoms. The fourth-order valence-corrected chi connectivity index (χ4v) is 8.17. The fourth-order valence-electron chi connectivity index (χ4n) is 6.65. The minimum atomic E-state index is -1.31. The van der Waals surface area contributed by atoms with E-state index in [0.717, 1.165) is 62.3 Å². The highest BCUT2D eigenvalue weighted by molar-refractivity contribution is 6.76. The van der Waals surface area contributed by atoms with Gasteiger partial charge in [-0.25, -0.2) is 18.9 Å². The van der Waals surface area contributed by atoms with Crippen LogP contribution in [0.2, 0.25) is 51.4 Å². The zero-order chi connectivity index (χ0) is 39.3. The van der Waals surface area contributed by atoms with Gasteiger partial charge in [0.1, 0.15) is 25.8 Å². The minimum absolute atomic E-state index is 0.107. The number of aryl methyl sites for hydroxylation is 1. The standard InChI is InChI=1S/C42H57FN6O4Si2/c1-9-31-23-39(53-27-30-14-12-11-13-15-30)35(43)24-34(31)32-16-17-33-37(22-32)49(29-52-19-21-55(6,7)8)46-40(33)41-45-36-25-47(42(50)44-10-2)26-38(36)48(41)28-51-18-20-54(3,4)5/h11-17,22-24H,9-10,18-21,25-29H2,1-8H3,(H,44,50). The molecule has 1 N–H and O–H groups in total. The molecule has 10 nitrogen and oxygen atoms in total. The van der Waals surface area contributed by atoms with Crippen LogP contribution < -0.4 is 10.1 Å². The van der Waals surface area contributed by atoms with Gasteiger partial charge < -0.3 is 29.0 Å². The van der Waals surface area contributed by atoms with Gasteiger partial charge in [-0.3, -0.25) is 0 Å². The largest absolute Gasteiger partial charge is 0.486 e. The predicted octanol–water partition coefficient (Wildman–Crippen LogP) is 9.52. The van der Waals surface area contributed by atoms with Crippen LogP contribution in [0.3, 0.4) is 0 Å². The van der Waals surface area contributed by atoms with Gasteiger partial charge in [0.15, 0.2) is 17.4 Å². The molecule has 0 unspecified atom stereocenters. The Morgan fingerprint density at radius 1 is 0.891 bits per heavy atom. The number of nitrogens with zero attached hydrogens (tertiary/aromatic N) is 5. The highest BCUT2D eigenvalue weighted by Gasteiger charge is 2.32. The molecule has 2 amide bonds. The number of urea groups is 1. The lowest BCUT2D eigenvalue weighted by Crippen LogP contribution is -2.36. The second kappa shape index (κ2) is 17.2. The lowest BCUT2D eigenvalue weighted by molar-refractivity contribution is 0.0814. The summed E-state index contributed by atoms with van der Waals surface area (Å²) in [6.45, 7) is 21.6. The Bertz CT molecular complexity index is 2110. The number of halogens is 1. The quantitative estimate of drug-likeness (QED) is 0.0746. The smallest absolute Gasteiger partial charge is 0.318 e. The Labute approximate surface area is 327 Å². The van der Waals surface area contributed by atoms with Gasteiger partial charge in [-0.1, -0.05) is 82.6 Å². The van der Waals surface area contributed by atoms with E-state index in [2.05, 4.69) is 68.2 Å². The first-order chi connectivity index (χ1) is 26.2. The summed E-state index contributed by atoms with van der Waals surface area (Å²) in [6, 6.07) is 21.3. The number of hydrogen-bond donors (Lipinski definition) is 1. The molecule has 0 atom stereocenters. The van der Waals surface area contributed by atoms with Gasteiger partial charge in [0.25, 0.3) is 0 Å². The van der Waals surface area contributed by atoms with Crippen molar-refractivity contribution < 1.29 is 23.4 Å². The van der Waals surface area contributed by atoms with Crippen LogP contribution in [0.15, 0.2) is 60.7 Å². The average Bonchev–Trinajstić information content (AvgIpc) is 3.82. The summed E-state index contributed by atoms with van der Waals surface area (Å²) in [5.74, 6) is 0.540. The predicted molar refractivity (Wildman–Crippen MR) is 223 cm³/mol. The van der Waals surface area contributed by atoms with Gasteiger partial charge in [-0.05, 0) is 72.0 Å². The summed E-state index contributed by atoms with van der Waals surface area (Å²) in [5, 5.41) is 8.99.